The lowest BCUT2D eigenvalue weighted by Crippen LogP contribution is -1.90. The third kappa shape index (κ3) is 1.44. The predicted octanol–water partition coefficient (Wildman–Crippen LogP) is 1.91. The Morgan fingerprint density at radius 2 is 2.19 bits per heavy atom. The summed E-state index contributed by atoms with van der Waals surface area (Å²) in [7, 11) is 3.08. The van der Waals surface area contributed by atoms with E-state index in [1.165, 1.54) is 7.11 Å². The van der Waals surface area contributed by atoms with E-state index in [4.69, 9.17) is 19.3 Å². The van der Waals surface area contributed by atoms with Crippen molar-refractivity contribution in [2.45, 2.75) is 6.42 Å². The molecule has 1 aromatic heterocycles. The van der Waals surface area contributed by atoms with E-state index >= 15 is 0 Å². The van der Waals surface area contributed by atoms with Gasteiger partial charge in [-0.3, -0.25) is 0 Å². The van der Waals surface area contributed by atoms with Crippen molar-refractivity contribution in [3.8, 4) is 17.6 Å². The third-order valence-electron chi connectivity index (χ3n) is 2.30. The number of hydrogen-bond donors (Lipinski definition) is 0. The Balaban J connectivity index is 2.67. The molecule has 0 aliphatic heterocycles. The van der Waals surface area contributed by atoms with E-state index in [-0.39, 0.29) is 6.42 Å². The van der Waals surface area contributed by atoms with Crippen molar-refractivity contribution < 1.29 is 14.0 Å². The summed E-state index contributed by atoms with van der Waals surface area (Å²) in [5.41, 5.74) is 1.12. The van der Waals surface area contributed by atoms with Gasteiger partial charge in [0.1, 0.15) is 5.69 Å². The summed E-state index contributed by atoms with van der Waals surface area (Å²) in [6, 6.07) is 5.60. The lowest BCUT2D eigenvalue weighted by atomic mass is 10.1. The molecule has 2 aromatic rings. The van der Waals surface area contributed by atoms with Crippen LogP contribution in [0.2, 0.25) is 0 Å². The summed E-state index contributed by atoms with van der Waals surface area (Å²) >= 11 is 0. The molecule has 0 unspecified atom stereocenters. The molecule has 0 saturated carbocycles. The number of methoxy groups -OCH3 is 2. The largest absolute Gasteiger partial charge is 0.493 e. The molecule has 0 radical (unpaired) electrons. The number of benzene rings is 1. The van der Waals surface area contributed by atoms with E-state index in [1.54, 1.807) is 19.2 Å². The second-order valence-corrected chi connectivity index (χ2v) is 3.14. The van der Waals surface area contributed by atoms with E-state index in [0.29, 0.717) is 22.8 Å². The summed E-state index contributed by atoms with van der Waals surface area (Å²) in [5.74, 6) is 1.08. The van der Waals surface area contributed by atoms with Gasteiger partial charge in [-0.1, -0.05) is 5.16 Å². The molecule has 5 nitrogen and oxygen atoms in total. The van der Waals surface area contributed by atoms with Crippen LogP contribution in [0.1, 0.15) is 5.69 Å². The number of ether oxygens (including phenoxy) is 2. The van der Waals surface area contributed by atoms with Crippen molar-refractivity contribution in [1.29, 1.82) is 5.26 Å². The van der Waals surface area contributed by atoms with E-state index in [0.717, 1.165) is 5.39 Å². The Morgan fingerprint density at radius 3 is 2.81 bits per heavy atom. The minimum atomic E-state index is 0.211. The van der Waals surface area contributed by atoms with Crippen LogP contribution in [0.5, 0.6) is 11.5 Å². The summed E-state index contributed by atoms with van der Waals surface area (Å²) in [4.78, 5) is 0. The van der Waals surface area contributed by atoms with Gasteiger partial charge >= 0.3 is 0 Å². The zero-order chi connectivity index (χ0) is 11.5. The van der Waals surface area contributed by atoms with Crippen LogP contribution < -0.4 is 9.47 Å². The first-order chi connectivity index (χ1) is 7.81. The second kappa shape index (κ2) is 4.11. The van der Waals surface area contributed by atoms with Crippen LogP contribution >= 0.6 is 0 Å². The number of nitriles is 1. The zero-order valence-electron chi connectivity index (χ0n) is 8.98. The van der Waals surface area contributed by atoms with Crippen molar-refractivity contribution in [3.63, 3.8) is 0 Å². The quantitative estimate of drug-likeness (QED) is 0.787. The summed E-state index contributed by atoms with van der Waals surface area (Å²) in [5, 5.41) is 13.3. The molecular formula is C11H10N2O3. The van der Waals surface area contributed by atoms with Gasteiger partial charge in [-0.2, -0.15) is 5.26 Å². The number of hydrogen-bond acceptors (Lipinski definition) is 5. The van der Waals surface area contributed by atoms with Crippen LogP contribution in [-0.4, -0.2) is 19.4 Å². The van der Waals surface area contributed by atoms with Gasteiger partial charge in [0.25, 0.3) is 0 Å². The fraction of sp³-hybridized carbons (Fsp3) is 0.273. The Kier molecular flexibility index (Phi) is 2.64. The van der Waals surface area contributed by atoms with Gasteiger partial charge in [0.2, 0.25) is 11.3 Å². The van der Waals surface area contributed by atoms with Crippen LogP contribution in [0.15, 0.2) is 16.7 Å². The van der Waals surface area contributed by atoms with Crippen molar-refractivity contribution >= 4 is 11.0 Å². The maximum absolute atomic E-state index is 8.64. The van der Waals surface area contributed by atoms with Crippen LogP contribution in [0.25, 0.3) is 11.0 Å². The first kappa shape index (κ1) is 10.3. The Labute approximate surface area is 92.2 Å². The molecule has 0 saturated heterocycles. The average molecular weight is 218 g/mol. The van der Waals surface area contributed by atoms with Crippen LogP contribution in [0.3, 0.4) is 0 Å². The minimum Gasteiger partial charge on any atom is -0.493 e. The van der Waals surface area contributed by atoms with Crippen molar-refractivity contribution in [2.75, 3.05) is 14.2 Å². The highest BCUT2D eigenvalue weighted by Gasteiger charge is 2.16. The maximum atomic E-state index is 8.64. The normalized spacial score (nSPS) is 10.1. The lowest BCUT2D eigenvalue weighted by molar-refractivity contribution is 0.347. The highest BCUT2D eigenvalue weighted by Crippen LogP contribution is 2.36. The fourth-order valence-corrected chi connectivity index (χ4v) is 1.57. The smallest absolute Gasteiger partial charge is 0.212 e. The van der Waals surface area contributed by atoms with Gasteiger partial charge in [-0.25, -0.2) is 0 Å². The molecule has 16 heavy (non-hydrogen) atoms. The maximum Gasteiger partial charge on any atom is 0.212 e. The van der Waals surface area contributed by atoms with Crippen molar-refractivity contribution in [3.05, 3.63) is 17.8 Å². The molecule has 5 heteroatoms. The molecule has 0 bridgehead atoms. The van der Waals surface area contributed by atoms with Crippen LogP contribution in [0.4, 0.5) is 0 Å². The van der Waals surface area contributed by atoms with Gasteiger partial charge in [-0.05, 0) is 12.1 Å². The van der Waals surface area contributed by atoms with Gasteiger partial charge in [-0.15, -0.1) is 0 Å². The molecule has 1 aromatic carbocycles. The van der Waals surface area contributed by atoms with Crippen LogP contribution in [0, 0.1) is 11.3 Å². The standard InChI is InChI=1S/C11H10N2O3/c1-14-9-4-3-7-8(5-6-12)13-16-10(7)11(9)15-2/h3-4H,5H2,1-2H3. The molecular weight excluding hydrogens is 208 g/mol. The summed E-state index contributed by atoms with van der Waals surface area (Å²) in [6.45, 7) is 0. The van der Waals surface area contributed by atoms with Crippen molar-refractivity contribution in [2.24, 2.45) is 0 Å². The van der Waals surface area contributed by atoms with Gasteiger partial charge in [0.05, 0.1) is 32.1 Å². The van der Waals surface area contributed by atoms with Gasteiger partial charge in [0.15, 0.2) is 5.75 Å². The van der Waals surface area contributed by atoms with Crippen molar-refractivity contribution in [1.82, 2.24) is 5.16 Å². The molecule has 0 spiro atoms. The summed E-state index contributed by atoms with van der Waals surface area (Å²) < 4.78 is 15.5. The molecule has 0 aliphatic rings. The second-order valence-electron chi connectivity index (χ2n) is 3.14. The van der Waals surface area contributed by atoms with E-state index in [2.05, 4.69) is 5.16 Å². The molecule has 0 atom stereocenters. The molecule has 0 amide bonds. The van der Waals surface area contributed by atoms with E-state index in [9.17, 15) is 0 Å². The number of aromatic nitrogens is 1. The Hall–Kier alpha value is -2.22. The summed E-state index contributed by atoms with van der Waals surface area (Å²) in [6.07, 6.45) is 0.211. The number of rotatable bonds is 3. The van der Waals surface area contributed by atoms with E-state index < -0.39 is 0 Å². The number of fused-ring (bicyclic) bond motifs is 1. The highest BCUT2D eigenvalue weighted by atomic mass is 16.5. The fourth-order valence-electron chi connectivity index (χ4n) is 1.57. The first-order valence-corrected chi connectivity index (χ1v) is 4.68. The van der Waals surface area contributed by atoms with Gasteiger partial charge < -0.3 is 14.0 Å². The SMILES string of the molecule is COc1ccc2c(CC#N)noc2c1OC. The average Bonchev–Trinajstić information content (AvgIpc) is 2.72. The first-order valence-electron chi connectivity index (χ1n) is 4.68. The topological polar surface area (TPSA) is 68.3 Å². The minimum absolute atomic E-state index is 0.211. The van der Waals surface area contributed by atoms with E-state index in [1.807, 2.05) is 6.07 Å². The predicted molar refractivity (Wildman–Crippen MR) is 56.4 cm³/mol. The lowest BCUT2D eigenvalue weighted by Gasteiger charge is -2.06. The molecule has 82 valence electrons. The molecule has 1 heterocycles. The molecule has 0 fully saturated rings. The third-order valence-corrected chi connectivity index (χ3v) is 2.30. The number of nitrogens with zero attached hydrogens (tertiary/aromatic N) is 2. The zero-order valence-corrected chi connectivity index (χ0v) is 8.98. The highest BCUT2D eigenvalue weighted by molar-refractivity contribution is 5.87. The Bertz CT molecular complexity index is 554. The molecule has 0 aliphatic carbocycles. The van der Waals surface area contributed by atoms with Crippen LogP contribution in [-0.2, 0) is 6.42 Å². The monoisotopic (exact) mass is 218 g/mol. The molecule has 2 rings (SSSR count). The van der Waals surface area contributed by atoms with Gasteiger partial charge in [0, 0.05) is 0 Å². The Morgan fingerprint density at radius 1 is 1.38 bits per heavy atom. The molecule has 0 N–H and O–H groups in total.